The standard InChI is InChI=1S/2C7H8O3S.Mn.H2O/c2*1-6-2-4-7(5-3-6)11(8,9)10;;/h2*2-5H,1H3,(H,8,9,10);;1H2/q;;+2;/p-2. The van der Waals surface area contributed by atoms with E-state index in [9.17, 15) is 25.9 Å². The van der Waals surface area contributed by atoms with Gasteiger partial charge in [0.2, 0.25) is 0 Å². The molecule has 2 aromatic carbocycles. The summed E-state index contributed by atoms with van der Waals surface area (Å²) in [4.78, 5) is -0.355. The smallest absolute Gasteiger partial charge is 0.744 e. The maximum atomic E-state index is 10.4. The van der Waals surface area contributed by atoms with E-state index < -0.39 is 20.2 Å². The van der Waals surface area contributed by atoms with Crippen LogP contribution in [0.5, 0.6) is 0 Å². The van der Waals surface area contributed by atoms with Crippen LogP contribution in [-0.2, 0) is 37.3 Å². The summed E-state index contributed by atoms with van der Waals surface area (Å²) in [5, 5.41) is 0. The Labute approximate surface area is 152 Å². The summed E-state index contributed by atoms with van der Waals surface area (Å²) < 4.78 is 62.3. The van der Waals surface area contributed by atoms with Crippen LogP contribution in [0.25, 0.3) is 0 Å². The summed E-state index contributed by atoms with van der Waals surface area (Å²) in [6.07, 6.45) is 0. The van der Waals surface area contributed by atoms with Gasteiger partial charge in [0.25, 0.3) is 0 Å². The minimum Gasteiger partial charge on any atom is -0.744 e. The topological polar surface area (TPSA) is 146 Å². The van der Waals surface area contributed by atoms with Gasteiger partial charge in [-0.3, -0.25) is 0 Å². The summed E-state index contributed by atoms with van der Waals surface area (Å²) in [6, 6.07) is 11.6. The molecule has 0 unspecified atom stereocenters. The van der Waals surface area contributed by atoms with E-state index in [4.69, 9.17) is 0 Å². The van der Waals surface area contributed by atoms with Crippen molar-refractivity contribution in [3.05, 3.63) is 59.7 Å². The molecule has 7 nitrogen and oxygen atoms in total. The fourth-order valence-corrected chi connectivity index (χ4v) is 2.35. The molecule has 133 valence electrons. The first-order valence-corrected chi connectivity index (χ1v) is 8.87. The Morgan fingerprint density at radius 2 is 0.833 bits per heavy atom. The Balaban J connectivity index is 0. The molecule has 1 radical (unpaired) electrons. The van der Waals surface area contributed by atoms with Crippen molar-refractivity contribution in [3.8, 4) is 0 Å². The van der Waals surface area contributed by atoms with Crippen molar-refractivity contribution in [2.75, 3.05) is 0 Å². The van der Waals surface area contributed by atoms with Crippen LogP contribution < -0.4 is 0 Å². The predicted octanol–water partition coefficient (Wildman–Crippen LogP) is 0.971. The molecular formula is C14H16MnO7S2. The quantitative estimate of drug-likeness (QED) is 0.528. The van der Waals surface area contributed by atoms with E-state index in [0.29, 0.717) is 0 Å². The van der Waals surface area contributed by atoms with Gasteiger partial charge < -0.3 is 14.6 Å². The maximum absolute atomic E-state index is 10.4. The number of hydrogen-bond donors (Lipinski definition) is 0. The van der Waals surface area contributed by atoms with Gasteiger partial charge in [0.05, 0.1) is 9.79 Å². The zero-order valence-electron chi connectivity index (χ0n) is 12.8. The molecule has 0 fully saturated rings. The molecular weight excluding hydrogens is 399 g/mol. The molecule has 24 heavy (non-hydrogen) atoms. The van der Waals surface area contributed by atoms with E-state index in [2.05, 4.69) is 0 Å². The van der Waals surface area contributed by atoms with Crippen molar-refractivity contribution in [3.63, 3.8) is 0 Å². The second-order valence-electron chi connectivity index (χ2n) is 4.53. The number of benzene rings is 2. The minimum atomic E-state index is -4.27. The van der Waals surface area contributed by atoms with Crippen LogP contribution in [-0.4, -0.2) is 31.4 Å². The first-order valence-electron chi connectivity index (χ1n) is 6.05. The van der Waals surface area contributed by atoms with Gasteiger partial charge in [0, 0.05) is 0 Å². The average molecular weight is 415 g/mol. The molecule has 0 aliphatic rings. The fraction of sp³-hybridized carbons (Fsp3) is 0.143. The molecule has 0 saturated heterocycles. The predicted molar refractivity (Wildman–Crippen MR) is 81.9 cm³/mol. The van der Waals surface area contributed by atoms with Crippen molar-refractivity contribution >= 4 is 20.2 Å². The second kappa shape index (κ2) is 9.90. The monoisotopic (exact) mass is 415 g/mol. The van der Waals surface area contributed by atoms with Crippen LogP contribution in [0.4, 0.5) is 0 Å². The van der Waals surface area contributed by atoms with Crippen LogP contribution in [0.1, 0.15) is 11.1 Å². The van der Waals surface area contributed by atoms with E-state index in [1.54, 1.807) is 24.3 Å². The summed E-state index contributed by atoms with van der Waals surface area (Å²) in [5.74, 6) is 0. The number of hydrogen-bond acceptors (Lipinski definition) is 6. The zero-order valence-corrected chi connectivity index (χ0v) is 15.6. The van der Waals surface area contributed by atoms with Crippen LogP contribution in [0.15, 0.2) is 58.3 Å². The van der Waals surface area contributed by atoms with Crippen molar-refractivity contribution in [2.45, 2.75) is 23.6 Å². The molecule has 0 atom stereocenters. The van der Waals surface area contributed by atoms with Gasteiger partial charge in [-0.05, 0) is 38.1 Å². The molecule has 0 spiro atoms. The summed E-state index contributed by atoms with van der Waals surface area (Å²) in [6.45, 7) is 3.64. The molecule has 0 aromatic heterocycles. The van der Waals surface area contributed by atoms with Gasteiger partial charge in [0.1, 0.15) is 20.2 Å². The van der Waals surface area contributed by atoms with Crippen LogP contribution in [0, 0.1) is 13.8 Å². The Hall–Kier alpha value is -1.26. The Morgan fingerprint density at radius 1 is 0.625 bits per heavy atom. The fourth-order valence-electron chi connectivity index (χ4n) is 1.41. The molecule has 0 aliphatic carbocycles. The minimum absolute atomic E-state index is 0. The van der Waals surface area contributed by atoms with Crippen molar-refractivity contribution in [2.24, 2.45) is 0 Å². The first kappa shape index (κ1) is 25.0. The Bertz CT molecular complexity index is 754. The Kier molecular flexibility index (Phi) is 10.3. The second-order valence-corrected chi connectivity index (χ2v) is 7.29. The third kappa shape index (κ3) is 8.55. The van der Waals surface area contributed by atoms with Gasteiger partial charge in [0.15, 0.2) is 0 Å². The average Bonchev–Trinajstić information content (AvgIpc) is 2.38. The summed E-state index contributed by atoms with van der Waals surface area (Å²) in [5.41, 5.74) is 1.86. The molecule has 0 saturated carbocycles. The maximum Gasteiger partial charge on any atom is 2.00 e. The third-order valence-corrected chi connectivity index (χ3v) is 4.32. The van der Waals surface area contributed by atoms with E-state index >= 15 is 0 Å². The molecule has 10 heteroatoms. The first-order chi connectivity index (χ1) is 10.00. The molecule has 0 bridgehead atoms. The zero-order chi connectivity index (χ0) is 17.0. The SMILES string of the molecule is Cc1ccc(S(=O)(=O)[O-])cc1.Cc1ccc(S(=O)(=O)[O-])cc1.O.[Mn+2]. The molecule has 0 aliphatic heterocycles. The van der Waals surface area contributed by atoms with Gasteiger partial charge in [-0.1, -0.05) is 35.4 Å². The number of aryl methyl sites for hydroxylation is 2. The summed E-state index contributed by atoms with van der Waals surface area (Å²) >= 11 is 0. The van der Waals surface area contributed by atoms with E-state index in [-0.39, 0.29) is 32.3 Å². The van der Waals surface area contributed by atoms with Gasteiger partial charge in [-0.2, -0.15) is 0 Å². The van der Waals surface area contributed by atoms with Crippen LogP contribution in [0.3, 0.4) is 0 Å². The third-order valence-electron chi connectivity index (χ3n) is 2.62. The van der Waals surface area contributed by atoms with Crippen molar-refractivity contribution in [1.82, 2.24) is 0 Å². The normalized spacial score (nSPS) is 10.5. The van der Waals surface area contributed by atoms with Gasteiger partial charge in [-0.15, -0.1) is 0 Å². The molecule has 2 rings (SSSR count). The molecule has 0 heterocycles. The van der Waals surface area contributed by atoms with E-state index in [1.807, 2.05) is 13.8 Å². The number of rotatable bonds is 2. The molecule has 2 N–H and O–H groups in total. The Morgan fingerprint density at radius 3 is 1.00 bits per heavy atom. The van der Waals surface area contributed by atoms with Gasteiger partial charge in [-0.25, -0.2) is 16.8 Å². The van der Waals surface area contributed by atoms with Crippen LogP contribution >= 0.6 is 0 Å². The van der Waals surface area contributed by atoms with Crippen molar-refractivity contribution < 1.29 is 48.5 Å². The van der Waals surface area contributed by atoms with Crippen molar-refractivity contribution in [1.29, 1.82) is 0 Å². The van der Waals surface area contributed by atoms with E-state index in [1.165, 1.54) is 24.3 Å². The molecule has 2 aromatic rings. The van der Waals surface area contributed by atoms with Crippen LogP contribution in [0.2, 0.25) is 0 Å². The van der Waals surface area contributed by atoms with Gasteiger partial charge >= 0.3 is 17.1 Å². The largest absolute Gasteiger partial charge is 2.00 e. The van der Waals surface area contributed by atoms with E-state index in [0.717, 1.165) is 11.1 Å². The summed E-state index contributed by atoms with van der Waals surface area (Å²) in [7, 11) is -8.54. The molecule has 0 amide bonds.